The Bertz CT molecular complexity index is 610. The maximum atomic E-state index is 11.9. The van der Waals surface area contributed by atoms with E-state index in [1.807, 2.05) is 17.0 Å². The van der Waals surface area contributed by atoms with Gasteiger partial charge < -0.3 is 20.5 Å². The molecule has 1 aliphatic rings. The third-order valence-corrected chi connectivity index (χ3v) is 4.81. The van der Waals surface area contributed by atoms with Gasteiger partial charge in [-0.15, -0.1) is 0 Å². The normalized spacial score (nSPS) is 16.7. The lowest BCUT2D eigenvalue weighted by Gasteiger charge is -2.31. The van der Waals surface area contributed by atoms with E-state index >= 15 is 0 Å². The van der Waals surface area contributed by atoms with Crippen LogP contribution in [0.15, 0.2) is 24.3 Å². The van der Waals surface area contributed by atoms with E-state index in [4.69, 9.17) is 5.11 Å². The van der Waals surface area contributed by atoms with Crippen LogP contribution in [0.3, 0.4) is 0 Å². The minimum absolute atomic E-state index is 0.108. The van der Waals surface area contributed by atoms with Crippen LogP contribution in [-0.2, 0) is 14.4 Å². The van der Waals surface area contributed by atoms with Gasteiger partial charge in [0.15, 0.2) is 0 Å². The molecule has 0 bridgehead atoms. The lowest BCUT2D eigenvalue weighted by Crippen LogP contribution is -2.37. The Morgan fingerprint density at radius 3 is 2.46 bits per heavy atom. The number of likely N-dealkylation sites (tertiary alicyclic amines) is 1. The second-order valence-electron chi connectivity index (χ2n) is 6.62. The molecule has 1 unspecified atom stereocenters. The molecule has 1 amide bonds. The fraction of sp³-hybridized carbons (Fsp3) is 0.526. The van der Waals surface area contributed by atoms with E-state index in [1.54, 1.807) is 7.05 Å². The summed E-state index contributed by atoms with van der Waals surface area (Å²) >= 11 is 0. The highest BCUT2D eigenvalue weighted by Crippen LogP contribution is 2.28. The van der Waals surface area contributed by atoms with Gasteiger partial charge in [0.25, 0.3) is 0 Å². The maximum absolute atomic E-state index is 11.9. The van der Waals surface area contributed by atoms with Gasteiger partial charge in [0.2, 0.25) is 5.91 Å². The number of piperidine rings is 1. The number of aldehydes is 1. The zero-order valence-corrected chi connectivity index (χ0v) is 15.1. The van der Waals surface area contributed by atoms with Crippen molar-refractivity contribution < 1.29 is 19.5 Å². The molecule has 1 aliphatic heterocycles. The Kier molecular flexibility index (Phi) is 7.59. The van der Waals surface area contributed by atoms with E-state index in [2.05, 4.69) is 22.8 Å². The number of likely N-dealkylation sites (N-methyl/N-ethyl adjacent to an activating group) is 1. The van der Waals surface area contributed by atoms with Crippen LogP contribution in [-0.4, -0.2) is 60.9 Å². The van der Waals surface area contributed by atoms with Gasteiger partial charge in [0.05, 0.1) is 6.54 Å². The molecule has 0 saturated carbocycles. The maximum Gasteiger partial charge on any atom is 0.317 e. The van der Waals surface area contributed by atoms with Crippen molar-refractivity contribution in [1.82, 2.24) is 10.2 Å². The summed E-state index contributed by atoms with van der Waals surface area (Å²) in [6.45, 7) is 1.69. The fourth-order valence-electron chi connectivity index (χ4n) is 3.35. The molecular weight excluding hydrogens is 334 g/mol. The highest BCUT2D eigenvalue weighted by atomic mass is 16.4. The largest absolute Gasteiger partial charge is 0.480 e. The minimum atomic E-state index is -0.779. The van der Waals surface area contributed by atoms with E-state index in [1.165, 1.54) is 5.56 Å². The molecule has 2 rings (SSSR count). The van der Waals surface area contributed by atoms with Crippen LogP contribution in [0.5, 0.6) is 0 Å². The number of anilines is 1. The van der Waals surface area contributed by atoms with Crippen molar-refractivity contribution in [1.29, 1.82) is 0 Å². The molecule has 7 nitrogen and oxygen atoms in total. The van der Waals surface area contributed by atoms with Gasteiger partial charge >= 0.3 is 5.97 Å². The van der Waals surface area contributed by atoms with Crippen LogP contribution in [0, 0.1) is 0 Å². The Hall–Kier alpha value is -2.41. The van der Waals surface area contributed by atoms with Crippen LogP contribution in [0.1, 0.15) is 37.2 Å². The Morgan fingerprint density at radius 1 is 1.27 bits per heavy atom. The van der Waals surface area contributed by atoms with E-state index in [0.29, 0.717) is 18.8 Å². The molecule has 142 valence electrons. The first-order valence-corrected chi connectivity index (χ1v) is 8.99. The zero-order chi connectivity index (χ0) is 18.9. The quantitative estimate of drug-likeness (QED) is 0.576. The van der Waals surface area contributed by atoms with Gasteiger partial charge in [0, 0.05) is 19.2 Å². The second-order valence-corrected chi connectivity index (χ2v) is 6.62. The number of carboxylic acids is 1. The number of benzene rings is 1. The molecule has 1 aromatic carbocycles. The summed E-state index contributed by atoms with van der Waals surface area (Å²) in [6, 6.07) is 7.59. The first kappa shape index (κ1) is 19.9. The molecule has 0 aliphatic carbocycles. The second kappa shape index (κ2) is 9.91. The summed E-state index contributed by atoms with van der Waals surface area (Å²) in [6.07, 6.45) is 3.49. The Labute approximate surface area is 153 Å². The molecule has 0 radical (unpaired) electrons. The molecule has 1 atom stereocenters. The van der Waals surface area contributed by atoms with Crippen LogP contribution in [0.2, 0.25) is 0 Å². The highest BCUT2D eigenvalue weighted by molar-refractivity contribution is 5.84. The van der Waals surface area contributed by atoms with Crippen molar-refractivity contribution in [3.05, 3.63) is 29.8 Å². The minimum Gasteiger partial charge on any atom is -0.480 e. The number of amides is 1. The first-order valence-electron chi connectivity index (χ1n) is 8.99. The summed E-state index contributed by atoms with van der Waals surface area (Å²) in [5.74, 6) is -0.486. The molecule has 7 heteroatoms. The predicted molar refractivity (Wildman–Crippen MR) is 99.3 cm³/mol. The lowest BCUT2D eigenvalue weighted by molar-refractivity contribution is -0.138. The number of rotatable bonds is 9. The van der Waals surface area contributed by atoms with Gasteiger partial charge in [-0.2, -0.15) is 0 Å². The lowest BCUT2D eigenvalue weighted by atomic mass is 9.89. The van der Waals surface area contributed by atoms with Gasteiger partial charge in [0.1, 0.15) is 12.3 Å². The van der Waals surface area contributed by atoms with E-state index in [-0.39, 0.29) is 12.5 Å². The number of carbonyl (C=O) groups is 3. The van der Waals surface area contributed by atoms with E-state index in [9.17, 15) is 14.4 Å². The van der Waals surface area contributed by atoms with E-state index < -0.39 is 12.0 Å². The number of aliphatic carboxylic acids is 1. The molecule has 1 aromatic rings. The monoisotopic (exact) mass is 361 g/mol. The van der Waals surface area contributed by atoms with Crippen LogP contribution in [0.25, 0.3) is 0 Å². The van der Waals surface area contributed by atoms with Gasteiger partial charge in [-0.3, -0.25) is 14.5 Å². The molecule has 1 fully saturated rings. The van der Waals surface area contributed by atoms with Crippen molar-refractivity contribution in [2.45, 2.75) is 37.6 Å². The summed E-state index contributed by atoms with van der Waals surface area (Å²) < 4.78 is 0. The average Bonchev–Trinajstić information content (AvgIpc) is 2.65. The third kappa shape index (κ3) is 5.84. The summed E-state index contributed by atoms with van der Waals surface area (Å²) in [5, 5.41) is 14.7. The number of carbonyl (C=O) groups excluding carboxylic acids is 2. The fourth-order valence-corrected chi connectivity index (χ4v) is 3.35. The SMILES string of the molecule is CNC(=O)C(CCC=O)Nc1ccc(C2CCN(CC(=O)O)CC2)cc1. The first-order chi connectivity index (χ1) is 12.5. The summed E-state index contributed by atoms with van der Waals surface area (Å²) in [5.41, 5.74) is 2.08. The molecular formula is C19H27N3O4. The highest BCUT2D eigenvalue weighted by Gasteiger charge is 2.22. The van der Waals surface area contributed by atoms with Crippen molar-refractivity contribution in [3.63, 3.8) is 0 Å². The predicted octanol–water partition coefficient (Wildman–Crippen LogP) is 1.46. The van der Waals surface area contributed by atoms with Crippen molar-refractivity contribution in [3.8, 4) is 0 Å². The van der Waals surface area contributed by atoms with Gasteiger partial charge in [-0.05, 0) is 56.0 Å². The third-order valence-electron chi connectivity index (χ3n) is 4.81. The summed E-state index contributed by atoms with van der Waals surface area (Å²) in [4.78, 5) is 35.2. The average molecular weight is 361 g/mol. The number of hydrogen-bond donors (Lipinski definition) is 3. The number of carboxylic acid groups (broad SMARTS) is 1. The standard InChI is InChI=1S/C19H27N3O4/c1-20-19(26)17(3-2-12-23)21-16-6-4-14(5-7-16)15-8-10-22(11-9-15)13-18(24)25/h4-7,12,15,17,21H,2-3,8-11,13H2,1H3,(H,20,26)(H,24,25). The van der Waals surface area contributed by atoms with Crippen molar-refractivity contribution in [2.75, 3.05) is 32.0 Å². The molecule has 1 heterocycles. The van der Waals surface area contributed by atoms with Crippen molar-refractivity contribution in [2.24, 2.45) is 0 Å². The molecule has 0 spiro atoms. The van der Waals surface area contributed by atoms with E-state index in [0.717, 1.165) is 37.9 Å². The molecule has 1 saturated heterocycles. The van der Waals surface area contributed by atoms with Gasteiger partial charge in [-0.25, -0.2) is 0 Å². The zero-order valence-electron chi connectivity index (χ0n) is 15.1. The molecule has 0 aromatic heterocycles. The van der Waals surface area contributed by atoms with Crippen molar-refractivity contribution >= 4 is 23.9 Å². The topological polar surface area (TPSA) is 98.7 Å². The smallest absolute Gasteiger partial charge is 0.317 e. The molecule has 26 heavy (non-hydrogen) atoms. The number of nitrogens with zero attached hydrogens (tertiary/aromatic N) is 1. The Morgan fingerprint density at radius 2 is 1.92 bits per heavy atom. The number of nitrogens with one attached hydrogen (secondary N) is 2. The van der Waals surface area contributed by atoms with Crippen LogP contribution < -0.4 is 10.6 Å². The summed E-state index contributed by atoms with van der Waals surface area (Å²) in [7, 11) is 1.58. The molecule has 3 N–H and O–H groups in total. The van der Waals surface area contributed by atoms with Gasteiger partial charge in [-0.1, -0.05) is 12.1 Å². The van der Waals surface area contributed by atoms with Crippen LogP contribution in [0.4, 0.5) is 5.69 Å². The van der Waals surface area contributed by atoms with Crippen LogP contribution >= 0.6 is 0 Å². The Balaban J connectivity index is 1.92. The number of hydrogen-bond acceptors (Lipinski definition) is 5.